The second kappa shape index (κ2) is 5.88. The van der Waals surface area contributed by atoms with Crippen molar-refractivity contribution >= 4 is 17.6 Å². The quantitative estimate of drug-likeness (QED) is 0.604. The van der Waals surface area contributed by atoms with Crippen LogP contribution in [0.25, 0.3) is 0 Å². The van der Waals surface area contributed by atoms with Gasteiger partial charge in [-0.05, 0) is 30.7 Å². The fourth-order valence-electron chi connectivity index (χ4n) is 4.05. The topological polar surface area (TPSA) is 65.1 Å². The molecule has 0 unspecified atom stereocenters. The summed E-state index contributed by atoms with van der Waals surface area (Å²) in [6.07, 6.45) is 4.21. The van der Waals surface area contributed by atoms with Gasteiger partial charge in [0.25, 0.3) is 0 Å². The van der Waals surface area contributed by atoms with Crippen LogP contribution >= 0.6 is 0 Å². The summed E-state index contributed by atoms with van der Waals surface area (Å²) in [6, 6.07) is 7.31. The zero-order chi connectivity index (χ0) is 17.6. The lowest BCUT2D eigenvalue weighted by Crippen LogP contribution is -2.40. The van der Waals surface area contributed by atoms with Crippen molar-refractivity contribution in [1.29, 1.82) is 0 Å². The van der Waals surface area contributed by atoms with E-state index in [9.17, 15) is 9.59 Å². The number of esters is 1. The second-order valence-corrected chi connectivity index (χ2v) is 6.69. The Morgan fingerprint density at radius 2 is 2.12 bits per heavy atom. The van der Waals surface area contributed by atoms with Crippen molar-refractivity contribution in [2.45, 2.75) is 25.0 Å². The van der Waals surface area contributed by atoms with Gasteiger partial charge in [-0.15, -0.1) is 0 Å². The number of fused-ring (bicyclic) bond motifs is 1. The zero-order valence-electron chi connectivity index (χ0n) is 14.3. The fourth-order valence-corrected chi connectivity index (χ4v) is 4.05. The first-order chi connectivity index (χ1) is 12.1. The maximum atomic E-state index is 13.1. The molecule has 4 atom stereocenters. The van der Waals surface area contributed by atoms with Gasteiger partial charge in [0.2, 0.25) is 5.91 Å². The van der Waals surface area contributed by atoms with Gasteiger partial charge < -0.3 is 19.1 Å². The third-order valence-electron chi connectivity index (χ3n) is 5.21. The molecule has 0 N–H and O–H groups in total. The van der Waals surface area contributed by atoms with Crippen molar-refractivity contribution < 1.29 is 23.8 Å². The van der Waals surface area contributed by atoms with Gasteiger partial charge in [-0.25, -0.2) is 0 Å². The van der Waals surface area contributed by atoms with E-state index in [0.717, 1.165) is 17.9 Å². The molecule has 1 aromatic carbocycles. The van der Waals surface area contributed by atoms with Crippen LogP contribution in [0.4, 0.5) is 5.69 Å². The molecule has 0 aromatic heterocycles. The first-order valence-corrected chi connectivity index (χ1v) is 8.59. The summed E-state index contributed by atoms with van der Waals surface area (Å²) in [4.78, 5) is 27.3. The van der Waals surface area contributed by atoms with Crippen molar-refractivity contribution in [1.82, 2.24) is 0 Å². The summed E-state index contributed by atoms with van der Waals surface area (Å²) in [5.74, 6) is -0.781. The maximum absolute atomic E-state index is 13.1. The summed E-state index contributed by atoms with van der Waals surface area (Å²) >= 11 is 0. The third-order valence-corrected chi connectivity index (χ3v) is 5.21. The molecule has 0 radical (unpaired) electrons. The highest BCUT2D eigenvalue weighted by molar-refractivity contribution is 6.02. The van der Waals surface area contributed by atoms with Crippen molar-refractivity contribution in [3.8, 4) is 5.75 Å². The van der Waals surface area contributed by atoms with E-state index in [1.54, 1.807) is 12.0 Å². The number of ether oxygens (including phenoxy) is 3. The van der Waals surface area contributed by atoms with Gasteiger partial charge in [0, 0.05) is 5.69 Å². The van der Waals surface area contributed by atoms with Crippen LogP contribution in [0.15, 0.2) is 36.4 Å². The number of methoxy groups -OCH3 is 1. The molecule has 0 saturated carbocycles. The minimum atomic E-state index is -0.725. The molecule has 1 spiro atoms. The van der Waals surface area contributed by atoms with Gasteiger partial charge in [0.05, 0.1) is 32.3 Å². The molecule has 4 rings (SSSR count). The van der Waals surface area contributed by atoms with Crippen LogP contribution in [0, 0.1) is 11.8 Å². The van der Waals surface area contributed by atoms with E-state index in [0.29, 0.717) is 13.2 Å². The van der Waals surface area contributed by atoms with E-state index >= 15 is 0 Å². The highest BCUT2D eigenvalue weighted by Gasteiger charge is 2.67. The molecule has 3 aliphatic rings. The van der Waals surface area contributed by atoms with Gasteiger partial charge in [0.1, 0.15) is 17.3 Å². The number of hydrogen-bond donors (Lipinski definition) is 0. The van der Waals surface area contributed by atoms with E-state index in [1.807, 2.05) is 43.3 Å². The van der Waals surface area contributed by atoms with Gasteiger partial charge in [0.15, 0.2) is 0 Å². The number of rotatable bonds is 5. The van der Waals surface area contributed by atoms with Crippen LogP contribution in [0.3, 0.4) is 0 Å². The van der Waals surface area contributed by atoms with E-state index < -0.39 is 17.4 Å². The van der Waals surface area contributed by atoms with E-state index in [2.05, 4.69) is 0 Å². The van der Waals surface area contributed by atoms with Crippen LogP contribution in [0.5, 0.6) is 5.75 Å². The number of nitrogens with zero attached hydrogens (tertiary/aromatic N) is 1. The molecule has 25 heavy (non-hydrogen) atoms. The molecule has 2 fully saturated rings. The first-order valence-electron chi connectivity index (χ1n) is 8.59. The second-order valence-electron chi connectivity index (χ2n) is 6.69. The van der Waals surface area contributed by atoms with Crippen LogP contribution < -0.4 is 9.64 Å². The highest BCUT2D eigenvalue weighted by Crippen LogP contribution is 2.52. The monoisotopic (exact) mass is 343 g/mol. The van der Waals surface area contributed by atoms with Gasteiger partial charge in [-0.1, -0.05) is 19.1 Å². The number of carbonyl (C=O) groups excluding carboxylic acids is 2. The Kier molecular flexibility index (Phi) is 3.80. The highest BCUT2D eigenvalue weighted by atomic mass is 16.6. The largest absolute Gasteiger partial charge is 0.497 e. The van der Waals surface area contributed by atoms with Crippen molar-refractivity contribution in [3.05, 3.63) is 36.4 Å². The lowest BCUT2D eigenvalue weighted by molar-refractivity contribution is -0.152. The Bertz CT molecular complexity index is 728. The van der Waals surface area contributed by atoms with Crippen LogP contribution in [0.1, 0.15) is 13.3 Å². The van der Waals surface area contributed by atoms with E-state index in [4.69, 9.17) is 14.2 Å². The normalized spacial score (nSPS) is 32.2. The molecule has 6 heteroatoms. The summed E-state index contributed by atoms with van der Waals surface area (Å²) < 4.78 is 16.5. The minimum absolute atomic E-state index is 0.0875. The molecule has 132 valence electrons. The smallest absolute Gasteiger partial charge is 0.312 e. The minimum Gasteiger partial charge on any atom is -0.497 e. The summed E-state index contributed by atoms with van der Waals surface area (Å²) in [5.41, 5.74) is 0.0492. The molecule has 2 bridgehead atoms. The zero-order valence-corrected chi connectivity index (χ0v) is 14.3. The Morgan fingerprint density at radius 3 is 2.80 bits per heavy atom. The Labute approximate surface area is 146 Å². The predicted octanol–water partition coefficient (Wildman–Crippen LogP) is 1.93. The lowest BCUT2D eigenvalue weighted by Gasteiger charge is -2.22. The average Bonchev–Trinajstić information content (AvgIpc) is 3.28. The third kappa shape index (κ3) is 2.35. The molecule has 6 nitrogen and oxygen atoms in total. The van der Waals surface area contributed by atoms with Crippen LogP contribution in [-0.4, -0.2) is 43.8 Å². The Hall–Kier alpha value is -2.34. The van der Waals surface area contributed by atoms with Crippen molar-refractivity contribution in [2.75, 3.05) is 25.2 Å². The molecule has 3 heterocycles. The maximum Gasteiger partial charge on any atom is 0.312 e. The molecule has 1 amide bonds. The average molecular weight is 343 g/mol. The fraction of sp³-hybridized carbons (Fsp3) is 0.474. The summed E-state index contributed by atoms with van der Waals surface area (Å²) in [7, 11) is 1.60. The summed E-state index contributed by atoms with van der Waals surface area (Å²) in [5, 5.41) is 0. The molecule has 0 aliphatic carbocycles. The number of amides is 1. The number of carbonyl (C=O) groups is 2. The Balaban J connectivity index is 1.61. The van der Waals surface area contributed by atoms with Gasteiger partial charge in [-0.3, -0.25) is 9.59 Å². The van der Waals surface area contributed by atoms with Crippen LogP contribution in [-0.2, 0) is 19.1 Å². The SMILES string of the molecule is CCCOC(=O)[C@@H]1[C@H]2C(=O)N(c3ccc(OC)cc3)C[C@]23C=C[C@H]1O3. The lowest BCUT2D eigenvalue weighted by atomic mass is 9.77. The molecular weight excluding hydrogens is 322 g/mol. The summed E-state index contributed by atoms with van der Waals surface area (Å²) in [6.45, 7) is 2.72. The molecule has 2 saturated heterocycles. The van der Waals surface area contributed by atoms with Gasteiger partial charge in [-0.2, -0.15) is 0 Å². The molecule has 3 aliphatic heterocycles. The standard InChI is InChI=1S/C19H21NO5/c1-3-10-24-18(22)15-14-8-9-19(25-14)11-20(17(21)16(15)19)12-4-6-13(23-2)7-5-12/h4-9,14-16H,3,10-11H2,1-2H3/t14-,15+,16+,19-/m1/s1. The Morgan fingerprint density at radius 1 is 1.36 bits per heavy atom. The van der Waals surface area contributed by atoms with E-state index in [-0.39, 0.29) is 18.0 Å². The predicted molar refractivity (Wildman–Crippen MR) is 90.3 cm³/mol. The number of anilines is 1. The van der Waals surface area contributed by atoms with Crippen LogP contribution in [0.2, 0.25) is 0 Å². The van der Waals surface area contributed by atoms with Crippen molar-refractivity contribution in [3.63, 3.8) is 0 Å². The van der Waals surface area contributed by atoms with E-state index in [1.165, 1.54) is 0 Å². The molecule has 1 aromatic rings. The first kappa shape index (κ1) is 16.1. The van der Waals surface area contributed by atoms with Crippen molar-refractivity contribution in [2.24, 2.45) is 11.8 Å². The number of benzene rings is 1. The number of hydrogen-bond acceptors (Lipinski definition) is 5. The molecular formula is C19H21NO5. The van der Waals surface area contributed by atoms with Gasteiger partial charge >= 0.3 is 5.97 Å².